The van der Waals surface area contributed by atoms with E-state index in [4.69, 9.17) is 4.74 Å². The number of sulfonamides is 1. The molecule has 3 aromatic carbocycles. The number of alkyl halides is 3. The summed E-state index contributed by atoms with van der Waals surface area (Å²) in [6.45, 7) is -0.0770. The zero-order valence-electron chi connectivity index (χ0n) is 27.1. The van der Waals surface area contributed by atoms with Gasteiger partial charge in [0.25, 0.3) is 5.69 Å². The second kappa shape index (κ2) is 15.4. The first-order chi connectivity index (χ1) is 24.9. The van der Waals surface area contributed by atoms with E-state index in [1.165, 1.54) is 59.0 Å². The number of para-hydroxylation sites is 2. The van der Waals surface area contributed by atoms with Crippen molar-refractivity contribution in [3.63, 3.8) is 0 Å². The highest BCUT2D eigenvalue weighted by Gasteiger charge is 2.41. The van der Waals surface area contributed by atoms with E-state index in [9.17, 15) is 23.3 Å². The fourth-order valence-corrected chi connectivity index (χ4v) is 7.95. The molecule has 2 N–H and O–H groups in total. The molecule has 0 radical (unpaired) electrons. The van der Waals surface area contributed by atoms with Crippen molar-refractivity contribution in [1.82, 2.24) is 19.9 Å². The predicted octanol–water partition coefficient (Wildman–Crippen LogP) is 6.70. The molecule has 13 nitrogen and oxygen atoms in total. The molecule has 1 amide bonds. The first-order valence-electron chi connectivity index (χ1n) is 15.9. The summed E-state index contributed by atoms with van der Waals surface area (Å²) in [5, 5.41) is 24.0. The lowest BCUT2D eigenvalue weighted by Gasteiger charge is -2.37. The third-order valence-corrected chi connectivity index (χ3v) is 10.6. The van der Waals surface area contributed by atoms with Gasteiger partial charge in [0.15, 0.2) is 4.90 Å². The van der Waals surface area contributed by atoms with Crippen molar-refractivity contribution in [2.75, 3.05) is 29.9 Å². The van der Waals surface area contributed by atoms with E-state index in [1.807, 2.05) is 0 Å². The maximum Gasteiger partial charge on any atom is 0.422 e. The molecule has 3 heterocycles. The largest absolute Gasteiger partial charge is 0.457 e. The first-order valence-corrected chi connectivity index (χ1v) is 18.2. The van der Waals surface area contributed by atoms with E-state index in [1.54, 1.807) is 29.6 Å². The standard InChI is InChI=1S/C34H30F3N7O6S2/c35-34(36,37)31-28(50-25-8-2-1-3-9-25)13-12-26(42-30(45)17-24-21-51-33(41-24)23-14-15-38-39-19-23)32(31)43-16-6-7-22(20-43)18-40-52(48,49)29-11-5-4-10-27(29)44(46)47/h1-5,8-15,19,21-22,40H,6-7,16-18,20H2,(H,42,45)/t22-/m1/s1. The highest BCUT2D eigenvalue weighted by Crippen LogP contribution is 2.48. The zero-order chi connectivity index (χ0) is 36.9. The van der Waals surface area contributed by atoms with Crippen molar-refractivity contribution in [3.05, 3.63) is 112 Å². The number of nitro benzene ring substituents is 1. The number of hydrogen-bond acceptors (Lipinski definition) is 11. The van der Waals surface area contributed by atoms with Crippen molar-refractivity contribution in [2.45, 2.75) is 30.3 Å². The lowest BCUT2D eigenvalue weighted by Crippen LogP contribution is -2.42. The minimum absolute atomic E-state index is 0.0322. The Morgan fingerprint density at radius 3 is 2.56 bits per heavy atom. The summed E-state index contributed by atoms with van der Waals surface area (Å²) in [5.41, 5.74) is -1.07. The number of halogens is 3. The number of thiazole rings is 1. The smallest absolute Gasteiger partial charge is 0.422 e. The molecule has 0 bridgehead atoms. The predicted molar refractivity (Wildman–Crippen MR) is 187 cm³/mol. The summed E-state index contributed by atoms with van der Waals surface area (Å²) in [6, 6.07) is 17.0. The van der Waals surface area contributed by atoms with Gasteiger partial charge >= 0.3 is 6.18 Å². The molecule has 1 saturated heterocycles. The number of rotatable bonds is 12. The molecule has 5 aromatic rings. The van der Waals surface area contributed by atoms with Crippen LogP contribution in [0, 0.1) is 16.0 Å². The summed E-state index contributed by atoms with van der Waals surface area (Å²) in [6.07, 6.45) is -1.30. The molecule has 2 aromatic heterocycles. The zero-order valence-corrected chi connectivity index (χ0v) is 28.7. The number of hydrogen-bond donors (Lipinski definition) is 2. The molecule has 6 rings (SSSR count). The Labute approximate surface area is 299 Å². The quantitative estimate of drug-likeness (QED) is 0.103. The molecule has 1 aliphatic heterocycles. The molecular weight excluding hydrogens is 724 g/mol. The number of amides is 1. The number of piperidine rings is 1. The van der Waals surface area contributed by atoms with E-state index in [0.29, 0.717) is 29.1 Å². The van der Waals surface area contributed by atoms with E-state index in [2.05, 4.69) is 25.2 Å². The lowest BCUT2D eigenvalue weighted by atomic mass is 9.96. The summed E-state index contributed by atoms with van der Waals surface area (Å²) in [7, 11) is -4.34. The molecule has 270 valence electrons. The van der Waals surface area contributed by atoms with Crippen molar-refractivity contribution < 1.29 is 36.0 Å². The van der Waals surface area contributed by atoms with Gasteiger partial charge in [-0.2, -0.15) is 23.4 Å². The Balaban J connectivity index is 1.29. The van der Waals surface area contributed by atoms with Crippen LogP contribution in [0.3, 0.4) is 0 Å². The van der Waals surface area contributed by atoms with Crippen LogP contribution in [-0.4, -0.2) is 54.1 Å². The monoisotopic (exact) mass is 753 g/mol. The molecule has 52 heavy (non-hydrogen) atoms. The van der Waals surface area contributed by atoms with Gasteiger partial charge in [0.1, 0.15) is 22.1 Å². The normalized spacial score (nSPS) is 14.9. The maximum atomic E-state index is 15.1. The highest BCUT2D eigenvalue weighted by atomic mass is 32.2. The fraction of sp³-hybridized carbons (Fsp3) is 0.235. The number of nitrogens with zero attached hydrogens (tertiary/aromatic N) is 5. The molecule has 18 heteroatoms. The summed E-state index contributed by atoms with van der Waals surface area (Å²) in [4.78, 5) is 29.4. The number of ether oxygens (including phenoxy) is 1. The molecule has 0 aliphatic carbocycles. The first kappa shape index (κ1) is 36.3. The van der Waals surface area contributed by atoms with Crippen LogP contribution in [0.2, 0.25) is 0 Å². The molecular formula is C34H30F3N7O6S2. The molecule has 0 unspecified atom stereocenters. The number of anilines is 2. The van der Waals surface area contributed by atoms with Crippen LogP contribution in [0.4, 0.5) is 30.2 Å². The SMILES string of the molecule is O=C(Cc1csc(-c2ccnnc2)n1)Nc1ccc(Oc2ccccc2)c(C(F)(F)F)c1N1CCC[C@H](CNS(=O)(=O)c2ccccc2[N+](=O)[O-])C1. The van der Waals surface area contributed by atoms with Gasteiger partial charge in [-0.05, 0) is 55.2 Å². The minimum Gasteiger partial charge on any atom is -0.457 e. The Bertz CT molecular complexity index is 2170. The molecule has 0 saturated carbocycles. The number of carbonyl (C=O) groups excluding carboxylic acids is 1. The number of nitrogens with one attached hydrogen (secondary N) is 2. The number of benzene rings is 3. The average Bonchev–Trinajstić information content (AvgIpc) is 3.60. The molecule has 1 fully saturated rings. The molecule has 0 spiro atoms. The lowest BCUT2D eigenvalue weighted by molar-refractivity contribution is -0.387. The number of carbonyl (C=O) groups is 1. The third-order valence-electron chi connectivity index (χ3n) is 8.14. The van der Waals surface area contributed by atoms with E-state index in [-0.39, 0.29) is 43.2 Å². The van der Waals surface area contributed by atoms with Crippen LogP contribution in [0.15, 0.2) is 95.5 Å². The van der Waals surface area contributed by atoms with E-state index >= 15 is 13.2 Å². The molecule has 1 atom stereocenters. The van der Waals surface area contributed by atoms with Gasteiger partial charge in [0.05, 0.1) is 40.8 Å². The average molecular weight is 754 g/mol. The third kappa shape index (κ3) is 8.52. The Kier molecular flexibility index (Phi) is 10.8. The van der Waals surface area contributed by atoms with Gasteiger partial charge in [0, 0.05) is 36.6 Å². The summed E-state index contributed by atoms with van der Waals surface area (Å²) in [5.74, 6) is -1.42. The van der Waals surface area contributed by atoms with E-state index < -0.39 is 54.8 Å². The van der Waals surface area contributed by atoms with Gasteiger partial charge in [-0.25, -0.2) is 18.1 Å². The fourth-order valence-electron chi connectivity index (χ4n) is 5.85. The van der Waals surface area contributed by atoms with Crippen LogP contribution >= 0.6 is 11.3 Å². The van der Waals surface area contributed by atoms with Crippen molar-refractivity contribution in [1.29, 1.82) is 0 Å². The minimum atomic E-state index is -4.94. The van der Waals surface area contributed by atoms with Crippen LogP contribution in [0.1, 0.15) is 24.1 Å². The maximum absolute atomic E-state index is 15.1. The second-order valence-corrected chi connectivity index (χ2v) is 14.4. The van der Waals surface area contributed by atoms with E-state index in [0.717, 1.165) is 18.2 Å². The van der Waals surface area contributed by atoms with Gasteiger partial charge in [-0.15, -0.1) is 11.3 Å². The van der Waals surface area contributed by atoms with Gasteiger partial charge in [0.2, 0.25) is 15.9 Å². The van der Waals surface area contributed by atoms with Crippen LogP contribution in [0.5, 0.6) is 11.5 Å². The Morgan fingerprint density at radius 1 is 1.06 bits per heavy atom. The topological polar surface area (TPSA) is 170 Å². The second-order valence-electron chi connectivity index (χ2n) is 11.8. The highest BCUT2D eigenvalue weighted by molar-refractivity contribution is 7.89. The van der Waals surface area contributed by atoms with Crippen molar-refractivity contribution in [3.8, 4) is 22.1 Å². The molecule has 1 aliphatic rings. The van der Waals surface area contributed by atoms with Crippen LogP contribution in [0.25, 0.3) is 10.6 Å². The number of aromatic nitrogens is 3. The number of nitro groups is 1. The summed E-state index contributed by atoms with van der Waals surface area (Å²) >= 11 is 1.28. The Hall–Kier alpha value is -5.46. The van der Waals surface area contributed by atoms with Crippen molar-refractivity contribution in [2.24, 2.45) is 5.92 Å². The van der Waals surface area contributed by atoms with Crippen LogP contribution in [-0.2, 0) is 27.4 Å². The van der Waals surface area contributed by atoms with Gasteiger partial charge < -0.3 is 15.0 Å². The van der Waals surface area contributed by atoms with Crippen LogP contribution < -0.4 is 19.7 Å². The van der Waals surface area contributed by atoms with Gasteiger partial charge in [-0.3, -0.25) is 14.9 Å². The van der Waals surface area contributed by atoms with Crippen molar-refractivity contribution >= 4 is 44.3 Å². The summed E-state index contributed by atoms with van der Waals surface area (Å²) < 4.78 is 79.7. The van der Waals surface area contributed by atoms with Gasteiger partial charge in [-0.1, -0.05) is 30.3 Å². The Morgan fingerprint density at radius 2 is 1.83 bits per heavy atom.